The zero-order valence-electron chi connectivity index (χ0n) is 21.0. The Balaban J connectivity index is 0.00000342. The number of ether oxygens (including phenoxy) is 1. The van der Waals surface area contributed by atoms with Crippen LogP contribution < -0.4 is 10.1 Å². The molecule has 35 heavy (non-hydrogen) atoms. The molecule has 0 aromatic heterocycles. The van der Waals surface area contributed by atoms with Gasteiger partial charge in [0.25, 0.3) is 0 Å². The molecule has 1 aliphatic rings. The van der Waals surface area contributed by atoms with Crippen LogP contribution in [0.3, 0.4) is 0 Å². The van der Waals surface area contributed by atoms with Gasteiger partial charge in [-0.2, -0.15) is 0 Å². The summed E-state index contributed by atoms with van der Waals surface area (Å²) in [6.07, 6.45) is 6.52. The van der Waals surface area contributed by atoms with Crippen molar-refractivity contribution in [2.24, 2.45) is 0 Å². The lowest BCUT2D eigenvalue weighted by Crippen LogP contribution is -2.22. The van der Waals surface area contributed by atoms with E-state index in [1.54, 1.807) is 0 Å². The maximum Gasteiger partial charge on any atom is 0.122 e. The molecule has 4 rings (SSSR count). The molecule has 0 radical (unpaired) electrons. The predicted molar refractivity (Wildman–Crippen MR) is 156 cm³/mol. The number of halogens is 1. The number of hydrogen-bond donors (Lipinski definition) is 1. The maximum absolute atomic E-state index is 6.12. The molecule has 5 heteroatoms. The van der Waals surface area contributed by atoms with Crippen LogP contribution in [0.4, 0.5) is 0 Å². The van der Waals surface area contributed by atoms with Gasteiger partial charge >= 0.3 is 0 Å². The fraction of sp³-hybridized carbons (Fsp3) is 0.333. The second-order valence-corrected chi connectivity index (χ2v) is 9.20. The summed E-state index contributed by atoms with van der Waals surface area (Å²) in [7, 11) is 4.28. The Kier molecular flexibility index (Phi) is 10.9. The summed E-state index contributed by atoms with van der Waals surface area (Å²) in [5, 5.41) is 3.58. The third-order valence-corrected chi connectivity index (χ3v) is 6.33. The molecule has 1 aliphatic heterocycles. The Morgan fingerprint density at radius 1 is 0.771 bits per heavy atom. The van der Waals surface area contributed by atoms with E-state index in [0.29, 0.717) is 6.61 Å². The smallest absolute Gasteiger partial charge is 0.122 e. The molecule has 4 nitrogen and oxygen atoms in total. The Labute approximate surface area is 228 Å². The summed E-state index contributed by atoms with van der Waals surface area (Å²) in [6, 6.07) is 27.8. The van der Waals surface area contributed by atoms with E-state index in [9.17, 15) is 0 Å². The Morgan fingerprint density at radius 2 is 1.49 bits per heavy atom. The highest BCUT2D eigenvalue weighted by molar-refractivity contribution is 14.0. The van der Waals surface area contributed by atoms with Crippen LogP contribution in [0.15, 0.2) is 90.8 Å². The lowest BCUT2D eigenvalue weighted by atomic mass is 10.0. The molecular formula is C30H38IN3O. The van der Waals surface area contributed by atoms with Crippen LogP contribution in [0.1, 0.15) is 35.1 Å². The molecule has 0 saturated heterocycles. The average Bonchev–Trinajstić information content (AvgIpc) is 3.19. The molecule has 1 heterocycles. The van der Waals surface area contributed by atoms with Crippen LogP contribution in [-0.2, 0) is 26.0 Å². The largest absolute Gasteiger partial charge is 0.489 e. The van der Waals surface area contributed by atoms with E-state index >= 15 is 0 Å². The third kappa shape index (κ3) is 8.58. The summed E-state index contributed by atoms with van der Waals surface area (Å²) >= 11 is 0. The Bertz CT molecular complexity index is 1050. The molecule has 3 aromatic carbocycles. The number of nitrogens with one attached hydrogen (secondary N) is 1. The summed E-state index contributed by atoms with van der Waals surface area (Å²) in [4.78, 5) is 4.54. The second-order valence-electron chi connectivity index (χ2n) is 9.20. The SMILES string of the molecule is CN1C=C(CCNCc2ccc(CCCc3ccccc3OCc3ccccc3)cc2)N(C)C1.I. The highest BCUT2D eigenvalue weighted by Gasteiger charge is 2.13. The van der Waals surface area contributed by atoms with Crippen LogP contribution in [0.25, 0.3) is 0 Å². The minimum atomic E-state index is 0. The van der Waals surface area contributed by atoms with Gasteiger partial charge in [0, 0.05) is 45.5 Å². The zero-order valence-corrected chi connectivity index (χ0v) is 23.3. The van der Waals surface area contributed by atoms with E-state index in [-0.39, 0.29) is 24.0 Å². The minimum Gasteiger partial charge on any atom is -0.489 e. The van der Waals surface area contributed by atoms with E-state index in [2.05, 4.69) is 108 Å². The van der Waals surface area contributed by atoms with Gasteiger partial charge in [-0.1, -0.05) is 72.8 Å². The van der Waals surface area contributed by atoms with Crippen molar-refractivity contribution >= 4 is 24.0 Å². The standard InChI is InChI=1S/C30H37N3O.HI/c1-32-22-29(33(2)24-32)19-20-31-21-26-17-15-25(16-18-26)11-8-13-28-12-6-7-14-30(28)34-23-27-9-4-3-5-10-27;/h3-7,9-10,12,14-18,22,31H,8,11,13,19-21,23-24H2,1-2H3;1H. The zero-order chi connectivity index (χ0) is 23.6. The molecule has 0 aliphatic carbocycles. The fourth-order valence-electron chi connectivity index (χ4n) is 4.42. The molecule has 0 bridgehead atoms. The van der Waals surface area contributed by atoms with Crippen molar-refractivity contribution in [2.75, 3.05) is 27.3 Å². The molecule has 186 valence electrons. The number of para-hydroxylation sites is 1. The molecule has 0 spiro atoms. The van der Waals surface area contributed by atoms with Crippen molar-refractivity contribution in [2.45, 2.75) is 38.8 Å². The van der Waals surface area contributed by atoms with Gasteiger partial charge < -0.3 is 19.9 Å². The molecule has 1 N–H and O–H groups in total. The lowest BCUT2D eigenvalue weighted by molar-refractivity contribution is 0.302. The number of hydrogen-bond acceptors (Lipinski definition) is 4. The van der Waals surface area contributed by atoms with Crippen molar-refractivity contribution in [3.8, 4) is 5.75 Å². The first-order chi connectivity index (χ1) is 16.7. The molecular weight excluding hydrogens is 545 g/mol. The molecule has 0 fully saturated rings. The Hall–Kier alpha value is -2.51. The van der Waals surface area contributed by atoms with Crippen molar-refractivity contribution < 1.29 is 4.74 Å². The first-order valence-electron chi connectivity index (χ1n) is 12.3. The van der Waals surface area contributed by atoms with E-state index in [1.165, 1.54) is 28.0 Å². The van der Waals surface area contributed by atoms with Gasteiger partial charge in [0.15, 0.2) is 0 Å². The van der Waals surface area contributed by atoms with Gasteiger partial charge in [-0.25, -0.2) is 0 Å². The normalized spacial score (nSPS) is 12.9. The van der Waals surface area contributed by atoms with Crippen molar-refractivity contribution in [3.05, 3.63) is 113 Å². The predicted octanol–water partition coefficient (Wildman–Crippen LogP) is 6.21. The Morgan fingerprint density at radius 3 is 2.23 bits per heavy atom. The fourth-order valence-corrected chi connectivity index (χ4v) is 4.42. The summed E-state index contributed by atoms with van der Waals surface area (Å²) in [5.74, 6) is 0.999. The van der Waals surface area contributed by atoms with E-state index in [0.717, 1.165) is 51.2 Å². The molecule has 0 atom stereocenters. The molecule has 0 amide bonds. The molecule has 0 saturated carbocycles. The number of aryl methyl sites for hydroxylation is 2. The third-order valence-electron chi connectivity index (χ3n) is 6.33. The summed E-state index contributed by atoms with van der Waals surface area (Å²) < 4.78 is 6.12. The lowest BCUT2D eigenvalue weighted by Gasteiger charge is -2.16. The number of nitrogens with zero attached hydrogens (tertiary/aromatic N) is 2. The molecule has 3 aromatic rings. The van der Waals surface area contributed by atoms with Crippen LogP contribution in [0, 0.1) is 0 Å². The van der Waals surface area contributed by atoms with Crippen LogP contribution in [0.5, 0.6) is 5.75 Å². The van der Waals surface area contributed by atoms with Gasteiger partial charge in [0.1, 0.15) is 12.4 Å². The van der Waals surface area contributed by atoms with Crippen LogP contribution in [0.2, 0.25) is 0 Å². The topological polar surface area (TPSA) is 27.7 Å². The van der Waals surface area contributed by atoms with E-state index in [1.807, 2.05) is 6.07 Å². The highest BCUT2D eigenvalue weighted by Crippen LogP contribution is 2.22. The van der Waals surface area contributed by atoms with Gasteiger partial charge in [-0.15, -0.1) is 24.0 Å². The number of rotatable bonds is 12. The monoisotopic (exact) mass is 583 g/mol. The van der Waals surface area contributed by atoms with Gasteiger partial charge in [-0.05, 0) is 47.6 Å². The summed E-state index contributed by atoms with van der Waals surface area (Å²) in [6.45, 7) is 3.51. The maximum atomic E-state index is 6.12. The van der Waals surface area contributed by atoms with Crippen LogP contribution >= 0.6 is 24.0 Å². The quantitative estimate of drug-likeness (QED) is 0.203. The first kappa shape index (κ1) is 27.1. The van der Waals surface area contributed by atoms with Crippen molar-refractivity contribution in [1.82, 2.24) is 15.1 Å². The van der Waals surface area contributed by atoms with Gasteiger partial charge in [0.05, 0.1) is 6.67 Å². The van der Waals surface area contributed by atoms with Gasteiger partial charge in [-0.3, -0.25) is 0 Å². The highest BCUT2D eigenvalue weighted by atomic mass is 127. The minimum absolute atomic E-state index is 0. The van der Waals surface area contributed by atoms with E-state index in [4.69, 9.17) is 4.74 Å². The summed E-state index contributed by atoms with van der Waals surface area (Å²) in [5.41, 5.74) is 6.62. The van der Waals surface area contributed by atoms with Crippen LogP contribution in [-0.4, -0.2) is 37.1 Å². The van der Waals surface area contributed by atoms with Crippen molar-refractivity contribution in [3.63, 3.8) is 0 Å². The van der Waals surface area contributed by atoms with Gasteiger partial charge in [0.2, 0.25) is 0 Å². The molecule has 0 unspecified atom stereocenters. The number of benzene rings is 3. The first-order valence-corrected chi connectivity index (χ1v) is 12.3. The second kappa shape index (κ2) is 14.1. The average molecular weight is 584 g/mol. The van der Waals surface area contributed by atoms with Crippen molar-refractivity contribution in [1.29, 1.82) is 0 Å². The van der Waals surface area contributed by atoms with E-state index < -0.39 is 0 Å².